The second-order valence-electron chi connectivity index (χ2n) is 6.19. The number of benzene rings is 1. The minimum atomic E-state index is -0.828. The van der Waals surface area contributed by atoms with Crippen molar-refractivity contribution in [3.05, 3.63) is 42.1 Å². The molecule has 0 radical (unpaired) electrons. The summed E-state index contributed by atoms with van der Waals surface area (Å²) in [5, 5.41) is 15.7. The molecule has 0 atom stereocenters. The molecular weight excluding hydrogens is 322 g/mol. The molecule has 2 aromatic rings. The molecule has 0 bridgehead atoms. The molecule has 3 rings (SSSR count). The van der Waals surface area contributed by atoms with Crippen LogP contribution >= 0.6 is 0 Å². The summed E-state index contributed by atoms with van der Waals surface area (Å²) in [7, 11) is 0. The molecule has 0 unspecified atom stereocenters. The number of amides is 1. The topological polar surface area (TPSA) is 95.7 Å². The van der Waals surface area contributed by atoms with Gasteiger partial charge in [0.1, 0.15) is 0 Å². The molecule has 2 N–H and O–H groups in total. The Morgan fingerprint density at radius 2 is 2.04 bits per heavy atom. The number of carbonyl (C=O) groups is 2. The lowest BCUT2D eigenvalue weighted by atomic mass is 9.85. The summed E-state index contributed by atoms with van der Waals surface area (Å²) in [6.45, 7) is 2.66. The van der Waals surface area contributed by atoms with E-state index >= 15 is 0 Å². The number of rotatable bonds is 7. The monoisotopic (exact) mass is 343 g/mol. The minimum absolute atomic E-state index is 0.0333. The summed E-state index contributed by atoms with van der Waals surface area (Å²) >= 11 is 0. The molecule has 1 saturated carbocycles. The number of carboxylic acids is 1. The zero-order valence-electron chi connectivity index (χ0n) is 14.0. The first-order valence-corrected chi connectivity index (χ1v) is 8.35. The summed E-state index contributed by atoms with van der Waals surface area (Å²) in [6, 6.07) is 11.3. The van der Waals surface area contributed by atoms with Gasteiger partial charge in [-0.25, -0.2) is 0 Å². The van der Waals surface area contributed by atoms with E-state index in [1.807, 2.05) is 42.2 Å². The van der Waals surface area contributed by atoms with Gasteiger partial charge in [0.05, 0.1) is 6.54 Å². The molecule has 1 aliphatic rings. The van der Waals surface area contributed by atoms with E-state index < -0.39 is 5.97 Å². The van der Waals surface area contributed by atoms with Crippen molar-refractivity contribution in [1.29, 1.82) is 0 Å². The van der Waals surface area contributed by atoms with Crippen molar-refractivity contribution in [2.45, 2.75) is 31.8 Å². The van der Waals surface area contributed by atoms with Gasteiger partial charge in [0.15, 0.2) is 11.5 Å². The summed E-state index contributed by atoms with van der Waals surface area (Å²) in [5.74, 6) is -0.545. The third kappa shape index (κ3) is 4.06. The van der Waals surface area contributed by atoms with Gasteiger partial charge in [0.2, 0.25) is 0 Å². The van der Waals surface area contributed by atoms with Crippen molar-refractivity contribution in [3.63, 3.8) is 0 Å². The SMILES string of the molecule is CCN(CC(=O)O)C1CC(NC(=O)c2cc(-c3ccccc3)on2)C1. The fraction of sp³-hybridized carbons (Fsp3) is 0.389. The van der Waals surface area contributed by atoms with Crippen LogP contribution in [0.2, 0.25) is 0 Å². The zero-order chi connectivity index (χ0) is 17.8. The summed E-state index contributed by atoms with van der Waals surface area (Å²) in [4.78, 5) is 25.0. The van der Waals surface area contributed by atoms with Crippen LogP contribution in [0.1, 0.15) is 30.3 Å². The van der Waals surface area contributed by atoms with Crippen LogP contribution in [-0.4, -0.2) is 52.2 Å². The van der Waals surface area contributed by atoms with Crippen LogP contribution in [0.15, 0.2) is 40.9 Å². The number of nitrogens with zero attached hydrogens (tertiary/aromatic N) is 2. The van der Waals surface area contributed by atoms with Gasteiger partial charge >= 0.3 is 5.97 Å². The number of carbonyl (C=O) groups excluding carboxylic acids is 1. The van der Waals surface area contributed by atoms with Crippen LogP contribution in [0, 0.1) is 0 Å². The fourth-order valence-corrected chi connectivity index (χ4v) is 3.06. The fourth-order valence-electron chi connectivity index (χ4n) is 3.06. The van der Waals surface area contributed by atoms with Crippen LogP contribution in [0.5, 0.6) is 0 Å². The van der Waals surface area contributed by atoms with Crippen molar-refractivity contribution in [1.82, 2.24) is 15.4 Å². The Labute approximate surface area is 145 Å². The lowest BCUT2D eigenvalue weighted by molar-refractivity contribution is -0.139. The molecule has 0 saturated heterocycles. The van der Waals surface area contributed by atoms with Gasteiger partial charge < -0.3 is 14.9 Å². The lowest BCUT2D eigenvalue weighted by Crippen LogP contribution is -2.54. The number of hydrogen-bond acceptors (Lipinski definition) is 5. The maximum Gasteiger partial charge on any atom is 0.317 e. The largest absolute Gasteiger partial charge is 0.480 e. The minimum Gasteiger partial charge on any atom is -0.480 e. The predicted octanol–water partition coefficient (Wildman–Crippen LogP) is 2.01. The molecular formula is C18H21N3O4. The number of hydrogen-bond donors (Lipinski definition) is 2. The molecule has 25 heavy (non-hydrogen) atoms. The molecule has 1 aromatic heterocycles. The Hall–Kier alpha value is -2.67. The van der Waals surface area contributed by atoms with E-state index in [1.54, 1.807) is 6.07 Å². The zero-order valence-corrected chi connectivity index (χ0v) is 14.0. The van der Waals surface area contributed by atoms with Crippen molar-refractivity contribution >= 4 is 11.9 Å². The average Bonchev–Trinajstić information content (AvgIpc) is 3.06. The highest BCUT2D eigenvalue weighted by Gasteiger charge is 2.35. The van der Waals surface area contributed by atoms with Crippen LogP contribution < -0.4 is 5.32 Å². The van der Waals surface area contributed by atoms with E-state index in [-0.39, 0.29) is 30.2 Å². The number of aliphatic carboxylic acids is 1. The van der Waals surface area contributed by atoms with E-state index in [9.17, 15) is 9.59 Å². The summed E-state index contributed by atoms with van der Waals surface area (Å²) in [6.07, 6.45) is 1.49. The molecule has 0 spiro atoms. The molecule has 7 nitrogen and oxygen atoms in total. The predicted molar refractivity (Wildman–Crippen MR) is 91.1 cm³/mol. The maximum absolute atomic E-state index is 12.3. The standard InChI is InChI=1S/C18H21N3O4/c1-2-21(11-17(22)23)14-8-13(9-14)19-18(24)15-10-16(25-20-15)12-6-4-3-5-7-12/h3-7,10,13-14H,2,8-9,11H2,1H3,(H,19,24)(H,22,23). The molecule has 1 fully saturated rings. The molecule has 7 heteroatoms. The van der Waals surface area contributed by atoms with Gasteiger partial charge in [-0.05, 0) is 19.4 Å². The van der Waals surface area contributed by atoms with E-state index in [4.69, 9.17) is 9.63 Å². The number of nitrogens with one attached hydrogen (secondary N) is 1. The Balaban J connectivity index is 1.53. The Morgan fingerprint density at radius 3 is 2.68 bits per heavy atom. The Kier molecular flexibility index (Phi) is 5.14. The second-order valence-corrected chi connectivity index (χ2v) is 6.19. The Bertz CT molecular complexity index is 738. The van der Waals surface area contributed by atoms with Crippen molar-refractivity contribution in [2.75, 3.05) is 13.1 Å². The van der Waals surface area contributed by atoms with Crippen LogP contribution in [0.4, 0.5) is 0 Å². The molecule has 1 heterocycles. The van der Waals surface area contributed by atoms with Crippen LogP contribution in [-0.2, 0) is 4.79 Å². The van der Waals surface area contributed by atoms with Gasteiger partial charge in [0.25, 0.3) is 5.91 Å². The van der Waals surface area contributed by atoms with Crippen molar-refractivity contribution in [3.8, 4) is 11.3 Å². The van der Waals surface area contributed by atoms with Crippen molar-refractivity contribution in [2.24, 2.45) is 0 Å². The molecule has 1 aliphatic carbocycles. The van der Waals surface area contributed by atoms with Gasteiger partial charge in [-0.1, -0.05) is 42.4 Å². The molecule has 1 amide bonds. The van der Waals surface area contributed by atoms with E-state index in [0.717, 1.165) is 18.4 Å². The summed E-state index contributed by atoms with van der Waals surface area (Å²) in [5.41, 5.74) is 1.12. The highest BCUT2D eigenvalue weighted by Crippen LogP contribution is 2.26. The first kappa shape index (κ1) is 17.2. The first-order valence-electron chi connectivity index (χ1n) is 8.35. The quantitative estimate of drug-likeness (QED) is 0.798. The maximum atomic E-state index is 12.3. The molecule has 132 valence electrons. The third-order valence-electron chi connectivity index (χ3n) is 4.51. The van der Waals surface area contributed by atoms with Gasteiger partial charge in [-0.15, -0.1) is 0 Å². The van der Waals surface area contributed by atoms with E-state index in [1.165, 1.54) is 0 Å². The highest BCUT2D eigenvalue weighted by molar-refractivity contribution is 5.93. The van der Waals surface area contributed by atoms with Crippen molar-refractivity contribution < 1.29 is 19.2 Å². The van der Waals surface area contributed by atoms with Gasteiger partial charge in [-0.3, -0.25) is 14.5 Å². The Morgan fingerprint density at radius 1 is 1.32 bits per heavy atom. The van der Waals surface area contributed by atoms with E-state index in [0.29, 0.717) is 12.3 Å². The lowest BCUT2D eigenvalue weighted by Gasteiger charge is -2.42. The van der Waals surface area contributed by atoms with Gasteiger partial charge in [0, 0.05) is 23.7 Å². The molecule has 1 aromatic carbocycles. The smallest absolute Gasteiger partial charge is 0.317 e. The van der Waals surface area contributed by atoms with Crippen LogP contribution in [0.25, 0.3) is 11.3 Å². The average molecular weight is 343 g/mol. The normalized spacial score (nSPS) is 19.4. The number of carboxylic acid groups (broad SMARTS) is 1. The first-order chi connectivity index (χ1) is 12.1. The van der Waals surface area contributed by atoms with Gasteiger partial charge in [-0.2, -0.15) is 0 Å². The highest BCUT2D eigenvalue weighted by atomic mass is 16.5. The van der Waals surface area contributed by atoms with Crippen LogP contribution in [0.3, 0.4) is 0 Å². The third-order valence-corrected chi connectivity index (χ3v) is 4.51. The second kappa shape index (κ2) is 7.48. The number of aromatic nitrogens is 1. The summed E-state index contributed by atoms with van der Waals surface area (Å²) < 4.78 is 5.24. The molecule has 0 aliphatic heterocycles. The van der Waals surface area contributed by atoms with E-state index in [2.05, 4.69) is 10.5 Å². The number of likely N-dealkylation sites (N-methyl/N-ethyl adjacent to an activating group) is 1.